The summed E-state index contributed by atoms with van der Waals surface area (Å²) in [4.78, 5) is 30.6. The Kier molecular flexibility index (Phi) is 7.06. The van der Waals surface area contributed by atoms with E-state index in [1.165, 1.54) is 11.8 Å². The lowest BCUT2D eigenvalue weighted by Crippen LogP contribution is -2.39. The molecule has 0 aliphatic heterocycles. The number of rotatable bonds is 8. The summed E-state index contributed by atoms with van der Waals surface area (Å²) in [6.07, 6.45) is 4.34. The van der Waals surface area contributed by atoms with E-state index in [-0.39, 0.29) is 24.1 Å². The van der Waals surface area contributed by atoms with Crippen LogP contribution in [-0.2, 0) is 16.6 Å². The fraction of sp³-hybridized carbons (Fsp3) is 0.389. The maximum Gasteiger partial charge on any atom is 0.244 e. The minimum Gasteiger partial charge on any atom is -0.333 e. The standard InChI is InChI=1S/C18H24N4O2S/c1-4-10-22(17(24)13-25-18-19-9-11-21(18)3)12-16(23)20-15-8-6-5-7-14(15)2/h5-9,11H,4,10,12-13H2,1-3H3,(H,20,23). The second-order valence-electron chi connectivity index (χ2n) is 5.79. The zero-order chi connectivity index (χ0) is 18.2. The first-order valence-corrected chi connectivity index (χ1v) is 9.23. The van der Waals surface area contributed by atoms with Crippen LogP contribution in [0.3, 0.4) is 0 Å². The molecule has 0 radical (unpaired) electrons. The number of carbonyl (C=O) groups is 2. The number of amides is 2. The smallest absolute Gasteiger partial charge is 0.244 e. The first-order valence-electron chi connectivity index (χ1n) is 8.24. The van der Waals surface area contributed by atoms with Crippen molar-refractivity contribution in [3.8, 4) is 0 Å². The molecule has 0 fully saturated rings. The molecule has 1 heterocycles. The Labute approximate surface area is 152 Å². The molecule has 7 heteroatoms. The van der Waals surface area contributed by atoms with Crippen molar-refractivity contribution < 1.29 is 9.59 Å². The molecule has 2 rings (SSSR count). The van der Waals surface area contributed by atoms with Crippen LogP contribution in [0.5, 0.6) is 0 Å². The molecule has 0 saturated carbocycles. The zero-order valence-corrected chi connectivity index (χ0v) is 15.7. The van der Waals surface area contributed by atoms with Crippen LogP contribution in [0.1, 0.15) is 18.9 Å². The lowest BCUT2D eigenvalue weighted by molar-refractivity contribution is -0.132. The number of aryl methyl sites for hydroxylation is 2. The second-order valence-corrected chi connectivity index (χ2v) is 6.73. The molecule has 1 N–H and O–H groups in total. The third-order valence-corrected chi connectivity index (χ3v) is 4.74. The molecule has 0 bridgehead atoms. The number of thioether (sulfide) groups is 1. The lowest BCUT2D eigenvalue weighted by Gasteiger charge is -2.21. The van der Waals surface area contributed by atoms with Crippen molar-refractivity contribution in [2.45, 2.75) is 25.4 Å². The monoisotopic (exact) mass is 360 g/mol. The molecular formula is C18H24N4O2S. The predicted molar refractivity (Wildman–Crippen MR) is 101 cm³/mol. The Hall–Kier alpha value is -2.28. The van der Waals surface area contributed by atoms with Crippen molar-refractivity contribution in [2.24, 2.45) is 7.05 Å². The van der Waals surface area contributed by atoms with Gasteiger partial charge in [-0.15, -0.1) is 0 Å². The molecule has 1 aromatic carbocycles. The van der Waals surface area contributed by atoms with Crippen molar-refractivity contribution in [3.63, 3.8) is 0 Å². The predicted octanol–water partition coefficient (Wildman–Crippen LogP) is 2.70. The Morgan fingerprint density at radius 1 is 1.32 bits per heavy atom. The minimum atomic E-state index is -0.182. The maximum absolute atomic E-state index is 12.5. The van der Waals surface area contributed by atoms with Crippen LogP contribution in [0.15, 0.2) is 41.8 Å². The zero-order valence-electron chi connectivity index (χ0n) is 14.9. The summed E-state index contributed by atoms with van der Waals surface area (Å²) < 4.78 is 1.87. The molecular weight excluding hydrogens is 336 g/mol. The van der Waals surface area contributed by atoms with Gasteiger partial charge < -0.3 is 14.8 Å². The van der Waals surface area contributed by atoms with Crippen molar-refractivity contribution in [1.82, 2.24) is 14.5 Å². The van der Waals surface area contributed by atoms with Crippen LogP contribution in [0.4, 0.5) is 5.69 Å². The molecule has 1 aromatic heterocycles. The van der Waals surface area contributed by atoms with Crippen LogP contribution < -0.4 is 5.32 Å². The molecule has 0 spiro atoms. The van der Waals surface area contributed by atoms with E-state index in [2.05, 4.69) is 10.3 Å². The highest BCUT2D eigenvalue weighted by Gasteiger charge is 2.18. The Morgan fingerprint density at radius 3 is 2.72 bits per heavy atom. The van der Waals surface area contributed by atoms with Crippen LogP contribution in [0.25, 0.3) is 0 Å². The van der Waals surface area contributed by atoms with Gasteiger partial charge in [-0.25, -0.2) is 4.98 Å². The number of benzene rings is 1. The van der Waals surface area contributed by atoms with Gasteiger partial charge in [0.25, 0.3) is 0 Å². The SMILES string of the molecule is CCCN(CC(=O)Nc1ccccc1C)C(=O)CSc1nccn1C. The van der Waals surface area contributed by atoms with Crippen molar-refractivity contribution in [1.29, 1.82) is 0 Å². The van der Waals surface area contributed by atoms with E-state index in [9.17, 15) is 9.59 Å². The van der Waals surface area contributed by atoms with E-state index >= 15 is 0 Å². The number of aromatic nitrogens is 2. The van der Waals surface area contributed by atoms with Gasteiger partial charge in [-0.3, -0.25) is 9.59 Å². The first-order chi connectivity index (χ1) is 12.0. The van der Waals surface area contributed by atoms with E-state index in [0.717, 1.165) is 22.8 Å². The molecule has 0 atom stereocenters. The molecule has 134 valence electrons. The van der Waals surface area contributed by atoms with Gasteiger partial charge in [0, 0.05) is 31.7 Å². The summed E-state index contributed by atoms with van der Waals surface area (Å²) in [5.41, 5.74) is 1.77. The van der Waals surface area contributed by atoms with Crippen LogP contribution in [0, 0.1) is 6.92 Å². The Morgan fingerprint density at radius 2 is 2.08 bits per heavy atom. The molecule has 2 amide bonds. The quantitative estimate of drug-likeness (QED) is 0.735. The third kappa shape index (κ3) is 5.63. The Balaban J connectivity index is 1.92. The van der Waals surface area contributed by atoms with Gasteiger partial charge in [0.05, 0.1) is 12.3 Å². The van der Waals surface area contributed by atoms with Gasteiger partial charge in [0.2, 0.25) is 11.8 Å². The molecule has 0 aliphatic rings. The van der Waals surface area contributed by atoms with Gasteiger partial charge >= 0.3 is 0 Å². The average molecular weight is 360 g/mol. The average Bonchev–Trinajstić information content (AvgIpc) is 2.99. The number of imidazole rings is 1. The lowest BCUT2D eigenvalue weighted by atomic mass is 10.2. The number of nitrogens with zero attached hydrogens (tertiary/aromatic N) is 3. The van der Waals surface area contributed by atoms with Gasteiger partial charge in [-0.2, -0.15) is 0 Å². The fourth-order valence-electron chi connectivity index (χ4n) is 2.35. The Bertz CT molecular complexity index is 729. The molecule has 0 aliphatic carbocycles. The summed E-state index contributed by atoms with van der Waals surface area (Å²) in [6, 6.07) is 7.60. The fourth-order valence-corrected chi connectivity index (χ4v) is 3.18. The number of hydrogen-bond acceptors (Lipinski definition) is 4. The van der Waals surface area contributed by atoms with Crippen molar-refractivity contribution in [2.75, 3.05) is 24.2 Å². The molecule has 25 heavy (non-hydrogen) atoms. The highest BCUT2D eigenvalue weighted by molar-refractivity contribution is 7.99. The van der Waals surface area contributed by atoms with Crippen molar-refractivity contribution in [3.05, 3.63) is 42.2 Å². The minimum absolute atomic E-state index is 0.0577. The van der Waals surface area contributed by atoms with Gasteiger partial charge in [0.15, 0.2) is 5.16 Å². The number of nitrogens with one attached hydrogen (secondary N) is 1. The number of hydrogen-bond donors (Lipinski definition) is 1. The molecule has 2 aromatic rings. The number of anilines is 1. The second kappa shape index (κ2) is 9.27. The van der Waals surface area contributed by atoms with Crippen LogP contribution in [-0.4, -0.2) is 45.1 Å². The first kappa shape index (κ1) is 19.1. The van der Waals surface area contributed by atoms with E-state index in [4.69, 9.17) is 0 Å². The normalized spacial score (nSPS) is 10.5. The summed E-state index contributed by atoms with van der Waals surface area (Å²) in [6.45, 7) is 4.54. The summed E-state index contributed by atoms with van der Waals surface area (Å²) in [5.74, 6) is 0.0237. The van der Waals surface area contributed by atoms with E-state index in [0.29, 0.717) is 6.54 Å². The van der Waals surface area contributed by atoms with Gasteiger partial charge in [-0.1, -0.05) is 36.9 Å². The summed E-state index contributed by atoms with van der Waals surface area (Å²) in [7, 11) is 1.89. The highest BCUT2D eigenvalue weighted by Crippen LogP contribution is 2.16. The largest absolute Gasteiger partial charge is 0.333 e. The van der Waals surface area contributed by atoms with Gasteiger partial charge in [0.1, 0.15) is 0 Å². The van der Waals surface area contributed by atoms with Gasteiger partial charge in [-0.05, 0) is 25.0 Å². The molecule has 0 saturated heterocycles. The summed E-state index contributed by atoms with van der Waals surface area (Å²) >= 11 is 1.38. The molecule has 0 unspecified atom stereocenters. The molecule has 6 nitrogen and oxygen atoms in total. The maximum atomic E-state index is 12.5. The third-order valence-electron chi connectivity index (χ3n) is 3.70. The van der Waals surface area contributed by atoms with Crippen LogP contribution in [0.2, 0.25) is 0 Å². The van der Waals surface area contributed by atoms with E-state index < -0.39 is 0 Å². The van der Waals surface area contributed by atoms with E-state index in [1.807, 2.05) is 55.9 Å². The van der Waals surface area contributed by atoms with Crippen LogP contribution >= 0.6 is 11.8 Å². The number of para-hydroxylation sites is 1. The number of carbonyl (C=O) groups excluding carboxylic acids is 2. The highest BCUT2D eigenvalue weighted by atomic mass is 32.2. The van der Waals surface area contributed by atoms with Crippen molar-refractivity contribution >= 4 is 29.3 Å². The topological polar surface area (TPSA) is 67.2 Å². The summed E-state index contributed by atoms with van der Waals surface area (Å²) in [5, 5.41) is 3.66. The van der Waals surface area contributed by atoms with E-state index in [1.54, 1.807) is 11.1 Å².